The van der Waals surface area contributed by atoms with E-state index in [0.717, 1.165) is 0 Å². The molecule has 4 unspecified atom stereocenters. The molecule has 1 heterocycles. The quantitative estimate of drug-likeness (QED) is 0.0746. The van der Waals surface area contributed by atoms with E-state index in [1.54, 1.807) is 0 Å². The van der Waals surface area contributed by atoms with E-state index in [-0.39, 0.29) is 92.3 Å². The minimum atomic E-state index is -4.04. The van der Waals surface area contributed by atoms with Crippen molar-refractivity contribution in [1.29, 1.82) is 0 Å². The maximum atomic E-state index is 12.9. The van der Waals surface area contributed by atoms with Crippen molar-refractivity contribution in [2.45, 2.75) is 25.7 Å². The fourth-order valence-corrected chi connectivity index (χ4v) is 11.1. The Morgan fingerprint density at radius 2 is 0.531 bits per heavy atom. The molecule has 1 aliphatic heterocycles. The molecule has 8 N–H and O–H groups in total. The van der Waals surface area contributed by atoms with Crippen molar-refractivity contribution in [3.8, 4) is 0 Å². The Hall–Kier alpha value is -0.195. The van der Waals surface area contributed by atoms with Crippen molar-refractivity contribution in [3.63, 3.8) is 0 Å². The van der Waals surface area contributed by atoms with Crippen LogP contribution >= 0.6 is 29.5 Å². The molecule has 285 valence electrons. The van der Waals surface area contributed by atoms with Gasteiger partial charge in [0.15, 0.2) is 0 Å². The van der Waals surface area contributed by atoms with Crippen LogP contribution in [0.2, 0.25) is 0 Å². The second-order valence-corrected chi connectivity index (χ2v) is 21.6. The van der Waals surface area contributed by atoms with E-state index < -0.39 is 129 Å². The van der Waals surface area contributed by atoms with Crippen LogP contribution < -0.4 is 0 Å². The molecule has 0 aromatic carbocycles. The van der Waals surface area contributed by atoms with Crippen LogP contribution in [-0.4, -0.2) is 186 Å². The number of hydrogen-bond donors (Lipinski definition) is 8. The maximum absolute atomic E-state index is 12.9. The standard InChI is InChI=1S/C24H48N4O16P4.Gd/c29-21(30)1-13-45(37,38)17-25-5-7-26(18-46(39,40)14-2-22(31)32)9-11-28(20-48(43,44)16-4-24(35)36)12-10-27(8-6-25)19-47(41,42)15-3-23(33)34;/h1-20H2,(H,29,30)(H,31,32)(H,33,34)(H,35,36)(H,37,38)(H,39,40)(H,41,42)(H,43,44);/q;+3. The molecule has 1 aliphatic rings. The molecule has 0 saturated carbocycles. The molecular formula is C24H48GdN4O16P4+3. The van der Waals surface area contributed by atoms with E-state index in [2.05, 4.69) is 0 Å². The monoisotopic (exact) mass is 930 g/mol. The normalized spacial score (nSPS) is 21.3. The van der Waals surface area contributed by atoms with Gasteiger partial charge in [-0.15, -0.1) is 0 Å². The third-order valence-electron chi connectivity index (χ3n) is 7.31. The second-order valence-electron chi connectivity index (χ2n) is 11.9. The Balaban J connectivity index is 0.0000230. The molecule has 0 bridgehead atoms. The van der Waals surface area contributed by atoms with Gasteiger partial charge in [-0.25, -0.2) is 0 Å². The zero-order valence-corrected chi connectivity index (χ0v) is 32.8. The van der Waals surface area contributed by atoms with E-state index in [9.17, 15) is 57.0 Å². The van der Waals surface area contributed by atoms with Crippen LogP contribution in [0.25, 0.3) is 0 Å². The number of rotatable bonds is 20. The molecule has 49 heavy (non-hydrogen) atoms. The summed E-state index contributed by atoms with van der Waals surface area (Å²) in [5, 5.41) is 35.9. The summed E-state index contributed by atoms with van der Waals surface area (Å²) in [6.07, 6.45) is -6.35. The van der Waals surface area contributed by atoms with Crippen molar-refractivity contribution < 1.29 is 117 Å². The first-order chi connectivity index (χ1) is 22.0. The van der Waals surface area contributed by atoms with Gasteiger partial charge >= 0.3 is 63.8 Å². The molecule has 0 aliphatic carbocycles. The van der Waals surface area contributed by atoms with Gasteiger partial charge in [0.05, 0.1) is 50.8 Å². The van der Waals surface area contributed by atoms with Gasteiger partial charge in [-0.3, -0.25) is 57.0 Å². The minimum Gasteiger partial charge on any atom is -0.481 e. The molecular weight excluding hydrogens is 881 g/mol. The van der Waals surface area contributed by atoms with Gasteiger partial charge in [0.2, 0.25) is 29.5 Å². The van der Waals surface area contributed by atoms with E-state index in [0.29, 0.717) is 0 Å². The number of nitrogens with zero attached hydrogens (tertiary/aromatic N) is 4. The average molecular weight is 930 g/mol. The van der Waals surface area contributed by atoms with Crippen LogP contribution in [0.4, 0.5) is 0 Å². The van der Waals surface area contributed by atoms with Crippen molar-refractivity contribution >= 4 is 53.4 Å². The summed E-state index contributed by atoms with van der Waals surface area (Å²) < 4.78 is 51.6. The molecule has 20 nitrogen and oxygen atoms in total. The maximum Gasteiger partial charge on any atom is 3.00 e. The van der Waals surface area contributed by atoms with E-state index in [1.807, 2.05) is 0 Å². The summed E-state index contributed by atoms with van der Waals surface area (Å²) in [6.45, 7) is -0.133. The Morgan fingerprint density at radius 1 is 0.388 bits per heavy atom. The summed E-state index contributed by atoms with van der Waals surface area (Å²) in [6, 6.07) is 0. The molecule has 1 radical (unpaired) electrons. The third kappa shape index (κ3) is 24.6. The number of carbonyl (C=O) groups is 4. The average Bonchev–Trinajstić information content (AvgIpc) is 2.94. The van der Waals surface area contributed by atoms with Crippen LogP contribution in [0.15, 0.2) is 0 Å². The number of hydrogen-bond acceptors (Lipinski definition) is 12. The number of aliphatic carboxylic acids is 4. The molecule has 0 amide bonds. The summed E-state index contributed by atoms with van der Waals surface area (Å²) in [5.74, 6) is -5.13. The van der Waals surface area contributed by atoms with Crippen LogP contribution in [0, 0.1) is 39.9 Å². The minimum absolute atomic E-state index is 0. The Bertz CT molecular complexity index is 1100. The molecule has 0 aromatic heterocycles. The first-order valence-electron chi connectivity index (χ1n) is 15.0. The first kappa shape index (κ1) is 48.8. The Labute approximate surface area is 316 Å². The zero-order valence-electron chi connectivity index (χ0n) is 26.9. The fraction of sp³-hybridized carbons (Fsp3) is 0.833. The van der Waals surface area contributed by atoms with Gasteiger partial charge < -0.3 is 40.0 Å². The van der Waals surface area contributed by atoms with Crippen LogP contribution in [0.3, 0.4) is 0 Å². The zero-order chi connectivity index (χ0) is 36.8. The smallest absolute Gasteiger partial charge is 0.481 e. The SMILES string of the molecule is O=C(O)CCP(=O)(O)CN1CCN(CP(=O)(O)CCC(=O)O)CCN(CP(=O)(O)CCC(=O)O)CCN(CP(=O)(O)CCC(=O)O)CC1.[Gd+3]. The van der Waals surface area contributed by atoms with E-state index in [1.165, 1.54) is 19.6 Å². The topological polar surface area (TPSA) is 311 Å². The van der Waals surface area contributed by atoms with Gasteiger partial charge in [-0.05, 0) is 0 Å². The molecule has 4 atom stereocenters. The fourth-order valence-electron chi connectivity index (χ4n) is 4.76. The molecule has 0 spiro atoms. The summed E-state index contributed by atoms with van der Waals surface area (Å²) in [7, 11) is -16.2. The summed E-state index contributed by atoms with van der Waals surface area (Å²) >= 11 is 0. The Morgan fingerprint density at radius 3 is 0.653 bits per heavy atom. The van der Waals surface area contributed by atoms with Crippen molar-refractivity contribution in [1.82, 2.24) is 19.6 Å². The second kappa shape index (κ2) is 22.8. The van der Waals surface area contributed by atoms with E-state index >= 15 is 0 Å². The number of carboxylic acids is 4. The molecule has 1 fully saturated rings. The van der Waals surface area contributed by atoms with Gasteiger partial charge in [0, 0.05) is 77.0 Å². The Kier molecular flexibility index (Phi) is 22.7. The largest absolute Gasteiger partial charge is 3.00 e. The van der Waals surface area contributed by atoms with Crippen LogP contribution in [-0.2, 0) is 37.4 Å². The van der Waals surface area contributed by atoms with Crippen molar-refractivity contribution in [2.75, 3.05) is 102 Å². The first-order valence-corrected chi connectivity index (χ1v) is 23.1. The summed E-state index contributed by atoms with van der Waals surface area (Å²) in [4.78, 5) is 92.1. The molecule has 0 aromatic rings. The van der Waals surface area contributed by atoms with Crippen LogP contribution in [0.5, 0.6) is 0 Å². The molecule has 1 saturated heterocycles. The molecule has 1 rings (SSSR count). The van der Waals surface area contributed by atoms with Gasteiger partial charge in [0.1, 0.15) is 0 Å². The molecule has 25 heteroatoms. The van der Waals surface area contributed by atoms with Gasteiger partial charge in [0.25, 0.3) is 0 Å². The number of carboxylic acid groups (broad SMARTS) is 4. The van der Waals surface area contributed by atoms with Crippen molar-refractivity contribution in [2.24, 2.45) is 0 Å². The van der Waals surface area contributed by atoms with Gasteiger partial charge in [-0.1, -0.05) is 0 Å². The van der Waals surface area contributed by atoms with Crippen molar-refractivity contribution in [3.05, 3.63) is 0 Å². The third-order valence-corrected chi connectivity index (χ3v) is 14.4. The predicted octanol–water partition coefficient (Wildman–Crippen LogP) is 0.0184. The van der Waals surface area contributed by atoms with Crippen LogP contribution in [0.1, 0.15) is 25.7 Å². The summed E-state index contributed by atoms with van der Waals surface area (Å²) in [5.41, 5.74) is 0. The van der Waals surface area contributed by atoms with E-state index in [4.69, 9.17) is 20.4 Å². The van der Waals surface area contributed by atoms with Gasteiger partial charge in [-0.2, -0.15) is 0 Å². The predicted molar refractivity (Wildman–Crippen MR) is 174 cm³/mol.